The lowest BCUT2D eigenvalue weighted by Crippen LogP contribution is -2.19. The molecule has 0 spiro atoms. The highest BCUT2D eigenvalue weighted by atomic mass is 16.2. The summed E-state index contributed by atoms with van der Waals surface area (Å²) in [6.45, 7) is 3.29. The van der Waals surface area contributed by atoms with Gasteiger partial charge in [0.25, 0.3) is 0 Å². The van der Waals surface area contributed by atoms with Gasteiger partial charge in [0.15, 0.2) is 0 Å². The molecule has 0 bridgehead atoms. The van der Waals surface area contributed by atoms with E-state index in [0.29, 0.717) is 0 Å². The van der Waals surface area contributed by atoms with Crippen LogP contribution in [0.4, 0.5) is 0 Å². The quantitative estimate of drug-likeness (QED) is 0.383. The van der Waals surface area contributed by atoms with Gasteiger partial charge in [-0.15, -0.1) is 0 Å². The van der Waals surface area contributed by atoms with Crippen LogP contribution < -0.4 is 10.6 Å². The van der Waals surface area contributed by atoms with E-state index >= 15 is 0 Å². The summed E-state index contributed by atoms with van der Waals surface area (Å²) >= 11 is 0. The topological polar surface area (TPSA) is 58.2 Å². The van der Waals surface area contributed by atoms with Crippen LogP contribution in [0.1, 0.15) is 0 Å². The van der Waals surface area contributed by atoms with Crippen molar-refractivity contribution in [1.29, 1.82) is 0 Å². The van der Waals surface area contributed by atoms with Gasteiger partial charge in [0.2, 0.25) is 0 Å². The number of hydrogen-bond donors (Lipinski definition) is 2. The van der Waals surface area contributed by atoms with Gasteiger partial charge in [-0.1, -0.05) is 6.58 Å². The second kappa shape index (κ2) is 1.33. The first-order valence-electron chi connectivity index (χ1n) is 2.01. The second-order valence-corrected chi connectivity index (χ2v) is 1.39. The number of hydrogen-bond acceptors (Lipinski definition) is 2. The Labute approximate surface area is 45.6 Å². The molecule has 1 aliphatic heterocycles. The Balaban J connectivity index is 2.79. The Hall–Kier alpha value is -1.32. The largest absolute Gasteiger partial charge is 0.315 e. The van der Waals surface area contributed by atoms with Crippen molar-refractivity contribution < 1.29 is 9.59 Å². The zero-order chi connectivity index (χ0) is 6.15. The molecule has 1 aliphatic rings. The van der Waals surface area contributed by atoms with Crippen molar-refractivity contribution in [3.8, 4) is 0 Å². The first kappa shape index (κ1) is 4.83. The second-order valence-electron chi connectivity index (χ2n) is 1.39. The fourth-order valence-electron chi connectivity index (χ4n) is 0.419. The van der Waals surface area contributed by atoms with E-state index in [0.717, 1.165) is 0 Å². The van der Waals surface area contributed by atoms with Gasteiger partial charge in [0.1, 0.15) is 5.82 Å². The Kier molecular flexibility index (Phi) is 0.802. The first-order chi connectivity index (χ1) is 3.70. The van der Waals surface area contributed by atoms with E-state index in [1.54, 1.807) is 0 Å². The van der Waals surface area contributed by atoms with E-state index in [4.69, 9.17) is 0 Å². The minimum atomic E-state index is -0.644. The summed E-state index contributed by atoms with van der Waals surface area (Å²) in [7, 11) is 0. The van der Waals surface area contributed by atoms with Crippen molar-refractivity contribution in [2.45, 2.75) is 0 Å². The molecule has 2 N–H and O–H groups in total. The molecule has 0 aromatic heterocycles. The Morgan fingerprint density at radius 2 is 1.50 bits per heavy atom. The summed E-state index contributed by atoms with van der Waals surface area (Å²) in [6, 6.07) is 0. The van der Waals surface area contributed by atoms with Crippen LogP contribution in [0.25, 0.3) is 0 Å². The van der Waals surface area contributed by atoms with Crippen molar-refractivity contribution in [1.82, 2.24) is 10.6 Å². The van der Waals surface area contributed by atoms with Crippen LogP contribution in [-0.2, 0) is 9.59 Å². The van der Waals surface area contributed by atoms with E-state index in [1.807, 2.05) is 0 Å². The maximum atomic E-state index is 10.2. The van der Waals surface area contributed by atoms with Crippen molar-refractivity contribution in [3.63, 3.8) is 0 Å². The molecule has 4 heteroatoms. The van der Waals surface area contributed by atoms with Crippen molar-refractivity contribution in [2.75, 3.05) is 0 Å². The van der Waals surface area contributed by atoms with Crippen molar-refractivity contribution in [2.24, 2.45) is 0 Å². The maximum absolute atomic E-state index is 10.2. The summed E-state index contributed by atoms with van der Waals surface area (Å²) in [6.07, 6.45) is 0. The number of carbonyl (C=O) groups is 2. The van der Waals surface area contributed by atoms with Crippen molar-refractivity contribution in [3.05, 3.63) is 12.4 Å². The monoisotopic (exact) mass is 112 g/mol. The zero-order valence-corrected chi connectivity index (χ0v) is 4.02. The zero-order valence-electron chi connectivity index (χ0n) is 4.02. The van der Waals surface area contributed by atoms with Crippen molar-refractivity contribution >= 4 is 11.8 Å². The fraction of sp³-hybridized carbons (Fsp3) is 0. The summed E-state index contributed by atoms with van der Waals surface area (Å²) in [5.41, 5.74) is 0. The highest BCUT2D eigenvalue weighted by molar-refractivity contribution is 6.38. The first-order valence-corrected chi connectivity index (χ1v) is 2.01. The minimum absolute atomic E-state index is 0.250. The molecule has 1 saturated heterocycles. The van der Waals surface area contributed by atoms with Gasteiger partial charge in [-0.25, -0.2) is 0 Å². The van der Waals surface area contributed by atoms with Gasteiger partial charge in [-0.2, -0.15) is 0 Å². The average Bonchev–Trinajstić information content (AvgIpc) is 1.85. The van der Waals surface area contributed by atoms with Gasteiger partial charge in [0.05, 0.1) is 0 Å². The molecule has 0 aromatic carbocycles. The van der Waals surface area contributed by atoms with E-state index in [-0.39, 0.29) is 5.82 Å². The Bertz CT molecular complexity index is 155. The maximum Gasteiger partial charge on any atom is 0.315 e. The van der Waals surface area contributed by atoms with Crippen LogP contribution in [0.3, 0.4) is 0 Å². The van der Waals surface area contributed by atoms with Crippen LogP contribution in [0.15, 0.2) is 12.4 Å². The molecule has 0 saturated carbocycles. The van der Waals surface area contributed by atoms with E-state index < -0.39 is 11.8 Å². The lowest BCUT2D eigenvalue weighted by molar-refractivity contribution is -0.135. The molecule has 2 amide bonds. The number of nitrogens with one attached hydrogen (secondary N) is 2. The number of amides is 2. The molecular formula is C4H4N2O2. The van der Waals surface area contributed by atoms with E-state index in [9.17, 15) is 9.59 Å². The Morgan fingerprint density at radius 1 is 1.12 bits per heavy atom. The smallest absolute Gasteiger partial charge is 0.304 e. The average molecular weight is 112 g/mol. The highest BCUT2D eigenvalue weighted by Crippen LogP contribution is 1.86. The van der Waals surface area contributed by atoms with Gasteiger partial charge in [0, 0.05) is 0 Å². The molecule has 0 aromatic rings. The molecular weight excluding hydrogens is 108 g/mol. The molecule has 42 valence electrons. The van der Waals surface area contributed by atoms with Gasteiger partial charge in [-0.05, 0) is 0 Å². The predicted molar refractivity (Wildman–Crippen MR) is 25.4 cm³/mol. The Morgan fingerprint density at radius 3 is 1.62 bits per heavy atom. The normalized spacial score (nSPS) is 18.2. The summed E-state index contributed by atoms with van der Waals surface area (Å²) in [4.78, 5) is 20.4. The fourth-order valence-corrected chi connectivity index (χ4v) is 0.419. The number of carbonyl (C=O) groups excluding carboxylic acids is 2. The number of rotatable bonds is 0. The summed E-state index contributed by atoms with van der Waals surface area (Å²) < 4.78 is 0. The van der Waals surface area contributed by atoms with Gasteiger partial charge in [-0.3, -0.25) is 9.59 Å². The van der Waals surface area contributed by atoms with Crippen LogP contribution in [-0.4, -0.2) is 11.8 Å². The van der Waals surface area contributed by atoms with E-state index in [2.05, 4.69) is 17.2 Å². The van der Waals surface area contributed by atoms with Crippen LogP contribution in [0.5, 0.6) is 0 Å². The molecule has 0 atom stereocenters. The van der Waals surface area contributed by atoms with Gasteiger partial charge < -0.3 is 10.6 Å². The molecule has 0 unspecified atom stereocenters. The molecule has 0 radical (unpaired) electrons. The third-order valence-corrected chi connectivity index (χ3v) is 0.735. The summed E-state index contributed by atoms with van der Waals surface area (Å²) in [5, 5.41) is 4.34. The lowest BCUT2D eigenvalue weighted by Gasteiger charge is -1.85. The van der Waals surface area contributed by atoms with Crippen LogP contribution in [0.2, 0.25) is 0 Å². The van der Waals surface area contributed by atoms with E-state index in [1.165, 1.54) is 0 Å². The molecule has 8 heavy (non-hydrogen) atoms. The van der Waals surface area contributed by atoms with Crippen LogP contribution in [0, 0.1) is 0 Å². The minimum Gasteiger partial charge on any atom is -0.304 e. The highest BCUT2D eigenvalue weighted by Gasteiger charge is 2.21. The third-order valence-electron chi connectivity index (χ3n) is 0.735. The van der Waals surface area contributed by atoms with Crippen LogP contribution >= 0.6 is 0 Å². The standard InChI is InChI=1S/C4H4N2O2/c1-2-5-3(7)4(8)6-2/h1H2,(H,5,7)(H,6,8). The SMILES string of the molecule is C=C1NC(=O)C(=O)N1. The third kappa shape index (κ3) is 0.556. The molecule has 1 fully saturated rings. The molecule has 1 heterocycles. The molecule has 1 rings (SSSR count). The lowest BCUT2D eigenvalue weighted by atomic mass is 10.6. The predicted octanol–water partition coefficient (Wildman–Crippen LogP) is -1.30. The molecule has 0 aliphatic carbocycles. The summed E-state index contributed by atoms with van der Waals surface area (Å²) in [5.74, 6) is -1.04. The molecule has 4 nitrogen and oxygen atoms in total. The van der Waals surface area contributed by atoms with Gasteiger partial charge >= 0.3 is 11.8 Å².